The first-order chi connectivity index (χ1) is 10.2. The number of halogens is 1. The third-order valence-electron chi connectivity index (χ3n) is 3.30. The maximum atomic E-state index is 13.2. The molecule has 0 aliphatic heterocycles. The highest BCUT2D eigenvalue weighted by Gasteiger charge is 2.07. The highest BCUT2D eigenvalue weighted by atomic mass is 19.1. The molecule has 21 heavy (non-hydrogen) atoms. The van der Waals surface area contributed by atoms with E-state index < -0.39 is 0 Å². The van der Waals surface area contributed by atoms with Gasteiger partial charge in [-0.25, -0.2) is 9.37 Å². The Morgan fingerprint density at radius 1 is 1.10 bits per heavy atom. The SMILES string of the molecule is CC(Nc1ccc(-c2cnc[nH]2)cc1)c1cncc(F)c1. The third-order valence-corrected chi connectivity index (χ3v) is 3.30. The minimum absolute atomic E-state index is 0.0220. The molecule has 0 saturated heterocycles. The summed E-state index contributed by atoms with van der Waals surface area (Å²) in [5, 5.41) is 3.33. The summed E-state index contributed by atoms with van der Waals surface area (Å²) in [7, 11) is 0. The highest BCUT2D eigenvalue weighted by Crippen LogP contribution is 2.22. The lowest BCUT2D eigenvalue weighted by molar-refractivity contribution is 0.616. The third kappa shape index (κ3) is 3.08. The van der Waals surface area contributed by atoms with Crippen molar-refractivity contribution in [1.29, 1.82) is 0 Å². The lowest BCUT2D eigenvalue weighted by atomic mass is 10.1. The van der Waals surface area contributed by atoms with Crippen molar-refractivity contribution in [3.05, 3.63) is 66.6 Å². The first kappa shape index (κ1) is 13.3. The van der Waals surface area contributed by atoms with E-state index in [9.17, 15) is 4.39 Å². The summed E-state index contributed by atoms with van der Waals surface area (Å²) in [6, 6.07) is 9.45. The second-order valence-corrected chi connectivity index (χ2v) is 4.85. The normalized spacial score (nSPS) is 12.1. The van der Waals surface area contributed by atoms with Crippen molar-refractivity contribution >= 4 is 5.69 Å². The Bertz CT molecular complexity index is 707. The van der Waals surface area contributed by atoms with Gasteiger partial charge in [0.25, 0.3) is 0 Å². The van der Waals surface area contributed by atoms with E-state index in [-0.39, 0.29) is 11.9 Å². The Hall–Kier alpha value is -2.69. The zero-order chi connectivity index (χ0) is 14.7. The molecule has 2 N–H and O–H groups in total. The van der Waals surface area contributed by atoms with E-state index in [1.165, 1.54) is 12.3 Å². The van der Waals surface area contributed by atoms with Crippen LogP contribution in [0.2, 0.25) is 0 Å². The fourth-order valence-corrected chi connectivity index (χ4v) is 2.16. The molecule has 2 heterocycles. The molecule has 4 nitrogen and oxygen atoms in total. The molecular weight excluding hydrogens is 267 g/mol. The molecule has 3 aromatic rings. The Morgan fingerprint density at radius 2 is 1.90 bits per heavy atom. The van der Waals surface area contributed by atoms with Crippen LogP contribution < -0.4 is 5.32 Å². The number of hydrogen-bond donors (Lipinski definition) is 2. The van der Waals surface area contributed by atoms with Crippen LogP contribution in [-0.2, 0) is 0 Å². The highest BCUT2D eigenvalue weighted by molar-refractivity contribution is 5.62. The minimum Gasteiger partial charge on any atom is -0.378 e. The summed E-state index contributed by atoms with van der Waals surface area (Å²) in [4.78, 5) is 10.9. The van der Waals surface area contributed by atoms with Gasteiger partial charge in [0.2, 0.25) is 0 Å². The van der Waals surface area contributed by atoms with Gasteiger partial charge in [-0.3, -0.25) is 4.98 Å². The average Bonchev–Trinajstić information content (AvgIpc) is 3.02. The maximum Gasteiger partial charge on any atom is 0.141 e. The molecule has 106 valence electrons. The van der Waals surface area contributed by atoms with Crippen LogP contribution in [0, 0.1) is 5.82 Å². The quantitative estimate of drug-likeness (QED) is 0.765. The van der Waals surface area contributed by atoms with Gasteiger partial charge in [-0.1, -0.05) is 12.1 Å². The van der Waals surface area contributed by atoms with Crippen LogP contribution in [0.3, 0.4) is 0 Å². The first-order valence-corrected chi connectivity index (χ1v) is 6.68. The van der Waals surface area contributed by atoms with E-state index in [1.807, 2.05) is 31.2 Å². The summed E-state index contributed by atoms with van der Waals surface area (Å²) in [5.74, 6) is -0.323. The Balaban J connectivity index is 1.73. The van der Waals surface area contributed by atoms with Crippen molar-refractivity contribution < 1.29 is 4.39 Å². The number of nitrogens with one attached hydrogen (secondary N) is 2. The molecule has 5 heteroatoms. The number of pyridine rings is 1. The Morgan fingerprint density at radius 3 is 2.57 bits per heavy atom. The van der Waals surface area contributed by atoms with E-state index in [1.54, 1.807) is 18.7 Å². The molecule has 1 atom stereocenters. The van der Waals surface area contributed by atoms with Gasteiger partial charge in [0.1, 0.15) is 5.82 Å². The predicted molar refractivity (Wildman–Crippen MR) is 80.3 cm³/mol. The monoisotopic (exact) mass is 282 g/mol. The van der Waals surface area contributed by atoms with Crippen molar-refractivity contribution in [2.75, 3.05) is 5.32 Å². The molecule has 0 spiro atoms. The van der Waals surface area contributed by atoms with E-state index in [2.05, 4.69) is 20.3 Å². The average molecular weight is 282 g/mol. The molecule has 0 aliphatic rings. The molecule has 0 fully saturated rings. The number of benzene rings is 1. The fourth-order valence-electron chi connectivity index (χ4n) is 2.16. The molecule has 0 aliphatic carbocycles. The molecule has 1 unspecified atom stereocenters. The minimum atomic E-state index is -0.323. The zero-order valence-electron chi connectivity index (χ0n) is 11.5. The maximum absolute atomic E-state index is 13.2. The molecule has 0 bridgehead atoms. The van der Waals surface area contributed by atoms with Gasteiger partial charge in [0.05, 0.1) is 30.5 Å². The first-order valence-electron chi connectivity index (χ1n) is 6.68. The molecule has 0 radical (unpaired) electrons. The number of H-pyrrole nitrogens is 1. The van der Waals surface area contributed by atoms with Crippen molar-refractivity contribution in [2.45, 2.75) is 13.0 Å². The lowest BCUT2D eigenvalue weighted by Crippen LogP contribution is -2.07. The van der Waals surface area contributed by atoms with Crippen LogP contribution in [0.15, 0.2) is 55.2 Å². The van der Waals surface area contributed by atoms with Crippen molar-refractivity contribution in [2.24, 2.45) is 0 Å². The van der Waals surface area contributed by atoms with E-state index in [4.69, 9.17) is 0 Å². The largest absolute Gasteiger partial charge is 0.378 e. The van der Waals surface area contributed by atoms with Crippen LogP contribution in [0.1, 0.15) is 18.5 Å². The summed E-state index contributed by atoms with van der Waals surface area (Å²) in [5.41, 5.74) is 3.82. The lowest BCUT2D eigenvalue weighted by Gasteiger charge is -2.15. The van der Waals surface area contributed by atoms with Gasteiger partial charge in [-0.2, -0.15) is 0 Å². The molecule has 2 aromatic heterocycles. The number of anilines is 1. The van der Waals surface area contributed by atoms with Crippen LogP contribution >= 0.6 is 0 Å². The molecular formula is C16H15FN4. The number of aromatic nitrogens is 3. The smallest absolute Gasteiger partial charge is 0.141 e. The van der Waals surface area contributed by atoms with E-state index >= 15 is 0 Å². The second kappa shape index (κ2) is 5.75. The second-order valence-electron chi connectivity index (χ2n) is 4.85. The summed E-state index contributed by atoms with van der Waals surface area (Å²) < 4.78 is 13.2. The standard InChI is InChI=1S/C16H15FN4/c1-11(13-6-14(17)8-18-7-13)21-15-4-2-12(3-5-15)16-9-19-10-20-16/h2-11,21H,1H3,(H,19,20). The molecule has 1 aromatic carbocycles. The van der Waals surface area contributed by atoms with Crippen molar-refractivity contribution in [3.8, 4) is 11.3 Å². The van der Waals surface area contributed by atoms with E-state index in [0.717, 1.165) is 22.5 Å². The fraction of sp³-hybridized carbons (Fsp3) is 0.125. The van der Waals surface area contributed by atoms with Gasteiger partial charge in [0, 0.05) is 11.9 Å². The Labute approximate surface area is 122 Å². The van der Waals surface area contributed by atoms with Crippen molar-refractivity contribution in [1.82, 2.24) is 15.0 Å². The Kier molecular flexibility index (Phi) is 3.64. The molecule has 0 amide bonds. The number of hydrogen-bond acceptors (Lipinski definition) is 3. The summed E-state index contributed by atoms with van der Waals surface area (Å²) in [6.07, 6.45) is 6.30. The van der Waals surface area contributed by atoms with Gasteiger partial charge < -0.3 is 10.3 Å². The number of nitrogens with zero attached hydrogens (tertiary/aromatic N) is 2. The number of imidazole rings is 1. The zero-order valence-corrected chi connectivity index (χ0v) is 11.5. The number of rotatable bonds is 4. The van der Waals surface area contributed by atoms with Gasteiger partial charge in [0.15, 0.2) is 0 Å². The van der Waals surface area contributed by atoms with Crippen LogP contribution in [0.4, 0.5) is 10.1 Å². The van der Waals surface area contributed by atoms with Gasteiger partial charge >= 0.3 is 0 Å². The molecule has 3 rings (SSSR count). The summed E-state index contributed by atoms with van der Waals surface area (Å²) >= 11 is 0. The van der Waals surface area contributed by atoms with Crippen LogP contribution in [0.25, 0.3) is 11.3 Å². The number of aromatic amines is 1. The van der Waals surface area contributed by atoms with Gasteiger partial charge in [-0.15, -0.1) is 0 Å². The van der Waals surface area contributed by atoms with E-state index in [0.29, 0.717) is 0 Å². The van der Waals surface area contributed by atoms with Crippen LogP contribution in [-0.4, -0.2) is 15.0 Å². The van der Waals surface area contributed by atoms with Crippen molar-refractivity contribution in [3.63, 3.8) is 0 Å². The molecule has 0 saturated carbocycles. The van der Waals surface area contributed by atoms with Crippen LogP contribution in [0.5, 0.6) is 0 Å². The summed E-state index contributed by atoms with van der Waals surface area (Å²) in [6.45, 7) is 1.97. The van der Waals surface area contributed by atoms with Gasteiger partial charge in [-0.05, 0) is 36.2 Å². The predicted octanol–water partition coefficient (Wildman–Crippen LogP) is 3.78. The topological polar surface area (TPSA) is 53.6 Å².